The number of rotatable bonds is 7. The number of aliphatic hydroxyl groups is 1. The fourth-order valence-corrected chi connectivity index (χ4v) is 6.70. The number of carbonyl (C=O) groups excluding carboxylic acids is 6. The Hall–Kier alpha value is -3.84. The molecule has 2 unspecified atom stereocenters. The molecule has 42 heavy (non-hydrogen) atoms. The van der Waals surface area contributed by atoms with E-state index in [1.807, 2.05) is 13.8 Å². The van der Waals surface area contributed by atoms with Crippen LogP contribution >= 0.6 is 0 Å². The second-order valence-electron chi connectivity index (χ2n) is 12.3. The number of primary amides is 1. The van der Waals surface area contributed by atoms with Crippen molar-refractivity contribution in [3.05, 3.63) is 22.8 Å². The molecule has 3 aliphatic rings. The van der Waals surface area contributed by atoms with E-state index < -0.39 is 76.2 Å². The lowest BCUT2D eigenvalue weighted by Crippen LogP contribution is -2.74. The van der Waals surface area contributed by atoms with Crippen molar-refractivity contribution < 1.29 is 43.7 Å². The highest BCUT2D eigenvalue weighted by molar-refractivity contribution is 6.32. The average molecular weight is 587 g/mol. The number of alkyl carbamates (subject to hydrolysis) is 1. The summed E-state index contributed by atoms with van der Waals surface area (Å²) in [6, 6.07) is 0.469. The van der Waals surface area contributed by atoms with Crippen LogP contribution in [0, 0.1) is 29.6 Å². The maximum absolute atomic E-state index is 14.0. The van der Waals surface area contributed by atoms with Crippen LogP contribution in [0.25, 0.3) is 0 Å². The van der Waals surface area contributed by atoms with Gasteiger partial charge in [0.15, 0.2) is 34.7 Å². The fourth-order valence-electron chi connectivity index (χ4n) is 6.70. The number of nitrogens with zero attached hydrogens (tertiary/aromatic N) is 2. The van der Waals surface area contributed by atoms with Crippen LogP contribution in [0.1, 0.15) is 41.8 Å². The number of aromatic hydroxyl groups is 1. The van der Waals surface area contributed by atoms with Crippen LogP contribution < -0.4 is 16.0 Å². The topological polar surface area (TPSA) is 197 Å². The molecule has 1 aromatic rings. The number of anilines is 1. The molecule has 4 rings (SSSR count). The van der Waals surface area contributed by atoms with E-state index in [-0.39, 0.29) is 43.0 Å². The van der Waals surface area contributed by atoms with Crippen molar-refractivity contribution >= 4 is 40.8 Å². The highest BCUT2D eigenvalue weighted by atomic mass is 16.5. The van der Waals surface area contributed by atoms with Gasteiger partial charge >= 0.3 is 6.09 Å². The minimum Gasteiger partial charge on any atom is -0.507 e. The number of likely N-dealkylation sites (N-methyl/N-ethyl adjacent to an activating group) is 1. The third-order valence-electron chi connectivity index (χ3n) is 8.57. The maximum Gasteiger partial charge on any atom is 0.407 e. The molecule has 13 nitrogen and oxygen atoms in total. The quantitative estimate of drug-likeness (QED) is 0.309. The zero-order chi connectivity index (χ0) is 31.4. The molecule has 1 aromatic carbocycles. The molecule has 0 radical (unpaired) electrons. The van der Waals surface area contributed by atoms with E-state index >= 15 is 0 Å². The number of fused-ring (bicyclic) bond motifs is 3. The summed E-state index contributed by atoms with van der Waals surface area (Å²) < 4.78 is 5.12. The number of ether oxygens (including phenoxy) is 1. The number of hydrogen-bond donors (Lipinski definition) is 4. The van der Waals surface area contributed by atoms with Gasteiger partial charge in [-0.15, -0.1) is 0 Å². The first-order valence-electron chi connectivity index (χ1n) is 13.8. The lowest BCUT2D eigenvalue weighted by atomic mass is 9.52. The summed E-state index contributed by atoms with van der Waals surface area (Å²) in [4.78, 5) is 82.2. The summed E-state index contributed by atoms with van der Waals surface area (Å²) >= 11 is 0. The smallest absolute Gasteiger partial charge is 0.407 e. The molecule has 3 aliphatic carbocycles. The van der Waals surface area contributed by atoms with E-state index in [0.29, 0.717) is 11.3 Å². The third-order valence-corrected chi connectivity index (χ3v) is 8.57. The average Bonchev–Trinajstić information content (AvgIpc) is 2.88. The Morgan fingerprint density at radius 3 is 2.33 bits per heavy atom. The molecule has 0 aliphatic heterocycles. The fraction of sp³-hybridized carbons (Fsp3) is 0.586. The van der Waals surface area contributed by atoms with Crippen LogP contribution in [-0.4, -0.2) is 96.7 Å². The first-order valence-corrected chi connectivity index (χ1v) is 13.8. The minimum atomic E-state index is -2.80. The molecule has 228 valence electrons. The van der Waals surface area contributed by atoms with Gasteiger partial charge in [0.05, 0.1) is 24.1 Å². The van der Waals surface area contributed by atoms with Crippen molar-refractivity contribution in [1.82, 2.24) is 10.2 Å². The Morgan fingerprint density at radius 1 is 1.14 bits per heavy atom. The van der Waals surface area contributed by atoms with Crippen molar-refractivity contribution in [3.63, 3.8) is 0 Å². The molecule has 5 N–H and O–H groups in total. The SMILES string of the molecule is CC(C)COC(=O)NCc1cc(N(C)C)c2c(c1O)C(=O)C1C(=O)[C@]3(O)C(=O)C(C(N)=O)C(=O)[C@@H](N(C)C)[C@@H]3C[C@@H]1C2. The summed E-state index contributed by atoms with van der Waals surface area (Å²) in [5, 5.41) is 25.5. The third kappa shape index (κ3) is 4.83. The number of carbonyl (C=O) groups is 6. The number of Topliss-reactive ketones (excluding diaryl/α,β-unsaturated/α-hetero) is 4. The van der Waals surface area contributed by atoms with Gasteiger partial charge in [0.1, 0.15) is 5.75 Å². The van der Waals surface area contributed by atoms with Gasteiger partial charge in [-0.1, -0.05) is 13.8 Å². The van der Waals surface area contributed by atoms with Crippen LogP contribution in [0.4, 0.5) is 10.5 Å². The van der Waals surface area contributed by atoms with Gasteiger partial charge in [-0.25, -0.2) is 4.79 Å². The number of benzene rings is 1. The molecule has 0 spiro atoms. The van der Waals surface area contributed by atoms with Crippen molar-refractivity contribution in [1.29, 1.82) is 0 Å². The summed E-state index contributed by atoms with van der Waals surface area (Å²) in [7, 11) is 6.55. The normalized spacial score (nSPS) is 28.7. The van der Waals surface area contributed by atoms with E-state index in [1.54, 1.807) is 25.1 Å². The number of phenols is 1. The molecule has 2 amide bonds. The Balaban J connectivity index is 1.78. The Labute approximate surface area is 243 Å². The van der Waals surface area contributed by atoms with Crippen molar-refractivity contribution in [3.8, 4) is 5.75 Å². The van der Waals surface area contributed by atoms with Crippen LogP contribution in [0.3, 0.4) is 0 Å². The van der Waals surface area contributed by atoms with Crippen molar-refractivity contribution in [2.45, 2.75) is 44.9 Å². The predicted octanol–water partition coefficient (Wildman–Crippen LogP) is -0.185. The number of nitrogens with one attached hydrogen (secondary N) is 1. The summed E-state index contributed by atoms with van der Waals surface area (Å²) in [5.41, 5.74) is 3.67. The molecular weight excluding hydrogens is 548 g/mol. The molecule has 6 atom stereocenters. The molecule has 2 saturated carbocycles. The van der Waals surface area contributed by atoms with E-state index in [4.69, 9.17) is 10.5 Å². The second-order valence-corrected chi connectivity index (χ2v) is 12.3. The van der Waals surface area contributed by atoms with Gasteiger partial charge < -0.3 is 30.9 Å². The van der Waals surface area contributed by atoms with E-state index in [9.17, 15) is 39.0 Å². The van der Waals surface area contributed by atoms with Crippen molar-refractivity contribution in [2.75, 3.05) is 39.7 Å². The molecule has 2 fully saturated rings. The molecule has 0 aromatic heterocycles. The number of amides is 2. The van der Waals surface area contributed by atoms with Crippen LogP contribution in [-0.2, 0) is 36.9 Å². The van der Waals surface area contributed by atoms with Gasteiger partial charge in [-0.3, -0.25) is 28.9 Å². The largest absolute Gasteiger partial charge is 0.507 e. The zero-order valence-corrected chi connectivity index (χ0v) is 24.6. The lowest BCUT2D eigenvalue weighted by Gasteiger charge is -2.52. The highest BCUT2D eigenvalue weighted by Gasteiger charge is 2.69. The Morgan fingerprint density at radius 2 is 1.79 bits per heavy atom. The van der Waals surface area contributed by atoms with Gasteiger partial charge in [0.2, 0.25) is 5.91 Å². The Bertz CT molecular complexity index is 1370. The summed E-state index contributed by atoms with van der Waals surface area (Å²) in [6.07, 6.45) is -0.612. The van der Waals surface area contributed by atoms with Gasteiger partial charge in [0, 0.05) is 37.8 Å². The van der Waals surface area contributed by atoms with Gasteiger partial charge in [-0.05, 0) is 50.4 Å². The maximum atomic E-state index is 14.0. The zero-order valence-electron chi connectivity index (χ0n) is 24.6. The number of ketones is 4. The lowest BCUT2D eigenvalue weighted by molar-refractivity contribution is -0.181. The van der Waals surface area contributed by atoms with Gasteiger partial charge in [0.25, 0.3) is 0 Å². The number of nitrogens with two attached hydrogens (primary N) is 1. The molecule has 13 heteroatoms. The molecule has 0 heterocycles. The van der Waals surface area contributed by atoms with Crippen LogP contribution in [0.2, 0.25) is 0 Å². The summed E-state index contributed by atoms with van der Waals surface area (Å²) in [5.74, 6) is -11.1. The Kier molecular flexibility index (Phi) is 8.22. The number of phenolic OH excluding ortho intramolecular Hbond substituents is 1. The van der Waals surface area contributed by atoms with E-state index in [0.717, 1.165) is 0 Å². The monoisotopic (exact) mass is 586 g/mol. The predicted molar refractivity (Wildman–Crippen MR) is 149 cm³/mol. The standard InChI is InChI=1S/C29H38N4O9/c1-12(2)11-42-28(40)31-10-14-9-17(32(3)4)15-7-13-8-16-21(33(5)6)24(36)20(27(30)39)26(38)29(16,41)25(37)18(13)23(35)19(15)22(14)34/h9,12-13,16,18,20-21,34,41H,7-8,10-11H2,1-6H3,(H2,30,39)(H,31,40)/t13-,16-,18?,20?,21-,29-/m0/s1. The summed E-state index contributed by atoms with van der Waals surface area (Å²) in [6.45, 7) is 3.77. The van der Waals surface area contributed by atoms with Crippen LogP contribution in [0.5, 0.6) is 5.75 Å². The molecule has 0 bridgehead atoms. The van der Waals surface area contributed by atoms with Crippen molar-refractivity contribution in [2.24, 2.45) is 35.3 Å². The molecule has 0 saturated heterocycles. The van der Waals surface area contributed by atoms with Gasteiger partial charge in [-0.2, -0.15) is 0 Å². The van der Waals surface area contributed by atoms with E-state index in [1.165, 1.54) is 19.0 Å². The van der Waals surface area contributed by atoms with E-state index in [2.05, 4.69) is 5.32 Å². The first-order chi connectivity index (χ1) is 19.5. The number of hydrogen-bond acceptors (Lipinski definition) is 11. The molecular formula is C29H38N4O9. The highest BCUT2D eigenvalue weighted by Crippen LogP contribution is 2.52. The van der Waals surface area contributed by atoms with Crippen LogP contribution in [0.15, 0.2) is 6.07 Å². The first kappa shape index (κ1) is 31.1. The minimum absolute atomic E-state index is 0.0392. The second kappa shape index (κ2) is 11.1.